The van der Waals surface area contributed by atoms with Gasteiger partial charge in [0.15, 0.2) is 0 Å². The molecule has 0 saturated heterocycles. The van der Waals surface area contributed by atoms with Gasteiger partial charge in [-0.15, -0.1) is 0 Å². The Hall–Kier alpha value is -1.44. The molecule has 0 fully saturated rings. The van der Waals surface area contributed by atoms with Gasteiger partial charge < -0.3 is 9.84 Å². The number of hydrogen-bond donors (Lipinski definition) is 1. The zero-order valence-electron chi connectivity index (χ0n) is 17.3. The lowest BCUT2D eigenvalue weighted by atomic mass is 9.71. The quantitative estimate of drug-likeness (QED) is 0.445. The fourth-order valence-corrected chi connectivity index (χ4v) is 4.77. The van der Waals surface area contributed by atoms with Gasteiger partial charge in [-0.25, -0.2) is 0 Å². The number of aromatic hydroxyl groups is 1. The third-order valence-electron chi connectivity index (χ3n) is 6.60. The highest BCUT2D eigenvalue weighted by atomic mass is 16.5. The van der Waals surface area contributed by atoms with Gasteiger partial charge in [-0.3, -0.25) is 0 Å². The van der Waals surface area contributed by atoms with Crippen molar-refractivity contribution < 1.29 is 9.84 Å². The van der Waals surface area contributed by atoms with Gasteiger partial charge >= 0.3 is 0 Å². The molecule has 3 atom stereocenters. The van der Waals surface area contributed by atoms with Crippen LogP contribution in [0.4, 0.5) is 0 Å². The molecule has 1 aliphatic heterocycles. The van der Waals surface area contributed by atoms with E-state index in [1.807, 2.05) is 6.07 Å². The van der Waals surface area contributed by atoms with E-state index in [1.165, 1.54) is 36.8 Å². The van der Waals surface area contributed by atoms with Gasteiger partial charge in [0.25, 0.3) is 0 Å². The number of ether oxygens (including phenoxy) is 1. The van der Waals surface area contributed by atoms with Crippen LogP contribution in [0.25, 0.3) is 0 Å². The van der Waals surface area contributed by atoms with E-state index in [0.29, 0.717) is 17.6 Å². The zero-order chi connectivity index (χ0) is 18.9. The summed E-state index contributed by atoms with van der Waals surface area (Å²) in [5.41, 5.74) is 3.71. The maximum Gasteiger partial charge on any atom is 0.127 e. The average Bonchev–Trinajstić information content (AvgIpc) is 2.58. The molecule has 0 amide bonds. The topological polar surface area (TPSA) is 29.5 Å². The number of benzene rings is 1. The van der Waals surface area contributed by atoms with Gasteiger partial charge in [0.2, 0.25) is 0 Å². The first-order valence-corrected chi connectivity index (χ1v) is 10.5. The molecule has 1 aliphatic carbocycles. The Balaban J connectivity index is 1.90. The monoisotopic (exact) mass is 356 g/mol. The molecule has 2 nitrogen and oxygen atoms in total. The molecule has 26 heavy (non-hydrogen) atoms. The molecule has 2 heteroatoms. The Morgan fingerprint density at radius 3 is 2.69 bits per heavy atom. The highest BCUT2D eigenvalue weighted by Crippen LogP contribution is 2.51. The second-order valence-corrected chi connectivity index (χ2v) is 9.17. The largest absolute Gasteiger partial charge is 0.507 e. The average molecular weight is 357 g/mol. The van der Waals surface area contributed by atoms with Crippen LogP contribution in [0, 0.1) is 5.92 Å². The summed E-state index contributed by atoms with van der Waals surface area (Å²) in [4.78, 5) is 0. The van der Waals surface area contributed by atoms with E-state index in [1.54, 1.807) is 0 Å². The minimum absolute atomic E-state index is 0.0576. The Bertz CT molecular complexity index is 671. The minimum atomic E-state index is 0.0576. The van der Waals surface area contributed by atoms with Crippen molar-refractivity contribution in [2.24, 2.45) is 5.92 Å². The lowest BCUT2D eigenvalue weighted by Gasteiger charge is -2.40. The molecule has 1 aromatic carbocycles. The van der Waals surface area contributed by atoms with E-state index in [-0.39, 0.29) is 11.5 Å². The number of fused-ring (bicyclic) bond motifs is 3. The molecule has 1 aromatic rings. The van der Waals surface area contributed by atoms with Crippen LogP contribution in [0.3, 0.4) is 0 Å². The van der Waals surface area contributed by atoms with Crippen LogP contribution in [0.1, 0.15) is 96.6 Å². The molecule has 0 saturated carbocycles. The number of phenolic OH excluding ortho intramolecular Hbond substituents is 1. The van der Waals surface area contributed by atoms with Crippen LogP contribution >= 0.6 is 0 Å². The first-order valence-electron chi connectivity index (χ1n) is 10.5. The van der Waals surface area contributed by atoms with Crippen molar-refractivity contribution in [2.75, 3.05) is 0 Å². The van der Waals surface area contributed by atoms with Crippen molar-refractivity contribution in [1.82, 2.24) is 0 Å². The van der Waals surface area contributed by atoms with Crippen molar-refractivity contribution >= 4 is 0 Å². The van der Waals surface area contributed by atoms with Crippen molar-refractivity contribution in [1.29, 1.82) is 0 Å². The lowest BCUT2D eigenvalue weighted by molar-refractivity contribution is 0.107. The normalized spacial score (nSPS) is 25.1. The van der Waals surface area contributed by atoms with Gasteiger partial charge in [-0.1, -0.05) is 58.1 Å². The number of phenols is 1. The molecule has 3 rings (SSSR count). The number of rotatable bonds is 6. The molecular formula is C24H36O2. The molecule has 0 bridgehead atoms. The van der Waals surface area contributed by atoms with E-state index < -0.39 is 0 Å². The third-order valence-corrected chi connectivity index (χ3v) is 6.60. The Morgan fingerprint density at radius 1 is 1.19 bits per heavy atom. The van der Waals surface area contributed by atoms with Gasteiger partial charge in [-0.05, 0) is 56.2 Å². The summed E-state index contributed by atoms with van der Waals surface area (Å²) >= 11 is 0. The molecule has 1 unspecified atom stereocenters. The number of allylic oxidation sites excluding steroid dienone is 2. The summed E-state index contributed by atoms with van der Waals surface area (Å²) in [5.74, 6) is 2.10. The lowest BCUT2D eigenvalue weighted by Crippen LogP contribution is -2.35. The summed E-state index contributed by atoms with van der Waals surface area (Å²) in [6, 6.07) is 4.21. The van der Waals surface area contributed by atoms with Crippen LogP contribution in [0.2, 0.25) is 0 Å². The number of unbranched alkanes of at least 4 members (excludes halogenated alkanes) is 3. The van der Waals surface area contributed by atoms with E-state index >= 15 is 0 Å². The second-order valence-electron chi connectivity index (χ2n) is 9.17. The molecule has 1 heterocycles. The summed E-state index contributed by atoms with van der Waals surface area (Å²) in [6.07, 6.45) is 11.1. The summed E-state index contributed by atoms with van der Waals surface area (Å²) in [7, 11) is 0. The van der Waals surface area contributed by atoms with E-state index in [2.05, 4.69) is 46.8 Å². The zero-order valence-corrected chi connectivity index (χ0v) is 17.3. The minimum Gasteiger partial charge on any atom is -0.507 e. The van der Waals surface area contributed by atoms with Gasteiger partial charge in [0.1, 0.15) is 11.5 Å². The predicted octanol–water partition coefficient (Wildman–Crippen LogP) is 6.86. The van der Waals surface area contributed by atoms with Crippen LogP contribution in [0.15, 0.2) is 23.8 Å². The molecule has 1 N–H and O–H groups in total. The fourth-order valence-electron chi connectivity index (χ4n) is 4.77. The van der Waals surface area contributed by atoms with E-state index in [9.17, 15) is 5.11 Å². The Kier molecular flexibility index (Phi) is 5.69. The van der Waals surface area contributed by atoms with Gasteiger partial charge in [0.05, 0.1) is 6.10 Å². The summed E-state index contributed by atoms with van der Waals surface area (Å²) in [6.45, 7) is 11.2. The van der Waals surface area contributed by atoms with Crippen LogP contribution in [0.5, 0.6) is 11.5 Å². The highest BCUT2D eigenvalue weighted by Gasteiger charge is 2.39. The Labute approximate surface area is 159 Å². The Morgan fingerprint density at radius 2 is 1.96 bits per heavy atom. The van der Waals surface area contributed by atoms with Crippen molar-refractivity contribution in [3.05, 3.63) is 34.9 Å². The smallest absolute Gasteiger partial charge is 0.127 e. The van der Waals surface area contributed by atoms with Crippen LogP contribution in [-0.2, 0) is 5.41 Å². The highest BCUT2D eigenvalue weighted by molar-refractivity contribution is 5.54. The SMILES string of the molecule is CCCCCCC(C)(C)c1cc(O)c2c(c1)OC(C)[C@@H]1CCC(C)=C[C@@H]21. The van der Waals surface area contributed by atoms with Crippen molar-refractivity contribution in [3.63, 3.8) is 0 Å². The molecule has 2 aliphatic rings. The standard InChI is InChI=1S/C24H36O2/c1-6-7-8-9-12-24(4,5)18-14-21(25)23-20-13-16(2)10-11-19(20)17(3)26-22(23)15-18/h13-15,17,19-20,25H,6-12H2,1-5H3/t17?,19-,20+/m0/s1. The first-order chi connectivity index (χ1) is 12.3. The first kappa shape index (κ1) is 19.3. The van der Waals surface area contributed by atoms with Crippen molar-refractivity contribution in [2.45, 2.75) is 97.0 Å². The molecule has 144 valence electrons. The van der Waals surface area contributed by atoms with E-state index in [0.717, 1.165) is 30.6 Å². The molecule has 0 aromatic heterocycles. The van der Waals surface area contributed by atoms with Crippen LogP contribution in [-0.4, -0.2) is 11.2 Å². The predicted molar refractivity (Wildman–Crippen MR) is 109 cm³/mol. The third kappa shape index (κ3) is 3.80. The van der Waals surface area contributed by atoms with Gasteiger partial charge in [-0.2, -0.15) is 0 Å². The molecule has 0 spiro atoms. The second kappa shape index (κ2) is 7.66. The summed E-state index contributed by atoms with van der Waals surface area (Å²) in [5, 5.41) is 10.9. The summed E-state index contributed by atoms with van der Waals surface area (Å²) < 4.78 is 6.31. The molecular weight excluding hydrogens is 320 g/mol. The van der Waals surface area contributed by atoms with Crippen LogP contribution < -0.4 is 4.74 Å². The number of hydrogen-bond acceptors (Lipinski definition) is 2. The fraction of sp³-hybridized carbons (Fsp3) is 0.667. The maximum atomic E-state index is 10.9. The maximum absolute atomic E-state index is 10.9. The molecule has 0 radical (unpaired) electrons. The van der Waals surface area contributed by atoms with Gasteiger partial charge in [0, 0.05) is 17.4 Å². The van der Waals surface area contributed by atoms with E-state index in [4.69, 9.17) is 4.74 Å². The van der Waals surface area contributed by atoms with Crippen molar-refractivity contribution in [3.8, 4) is 11.5 Å².